The zero-order valence-corrected chi connectivity index (χ0v) is 12.3. The van der Waals surface area contributed by atoms with E-state index in [4.69, 9.17) is 5.11 Å². The summed E-state index contributed by atoms with van der Waals surface area (Å²) in [7, 11) is 0. The van der Waals surface area contributed by atoms with Crippen LogP contribution in [0.25, 0.3) is 0 Å². The highest BCUT2D eigenvalue weighted by Crippen LogP contribution is 2.10. The van der Waals surface area contributed by atoms with Crippen molar-refractivity contribution in [2.24, 2.45) is 0 Å². The number of hydrogen-bond acceptors (Lipinski definition) is 8. The second-order valence-corrected chi connectivity index (χ2v) is 3.87. The molecule has 9 heteroatoms. The van der Waals surface area contributed by atoms with Gasteiger partial charge < -0.3 is 29.4 Å². The average Bonchev–Trinajstić information content (AvgIpc) is 3.26. The summed E-state index contributed by atoms with van der Waals surface area (Å²) in [6, 6.07) is 0. The standard InChI is InChI=1S/C5H8O3.C4H6O3.C3H7NO2.3CH4/c1-2-4(6)8-5-3-7-5;1-3(5)7-4-2-6-4;1-3(6)4-2-5;;;/h5H,2-3H2,1H3;4H,2H2,1H3;5H,2H2,1H3,(H,4,6);3*1H4. The first-order valence-electron chi connectivity index (χ1n) is 6.34. The van der Waals surface area contributed by atoms with Crippen LogP contribution in [0.4, 0.5) is 0 Å². The molecule has 2 aliphatic rings. The molecule has 0 bridgehead atoms. The SMILES string of the molecule is C.C.C.CC(=O)NCO.CC(=O)OC1CO1.CCC(=O)OC1CO1. The van der Waals surface area contributed by atoms with Crippen LogP contribution in [0.3, 0.4) is 0 Å². The highest BCUT2D eigenvalue weighted by atomic mass is 16.8. The molecule has 2 heterocycles. The molecule has 0 radical (unpaired) electrons. The summed E-state index contributed by atoms with van der Waals surface area (Å²) >= 11 is 0. The quantitative estimate of drug-likeness (QED) is 0.437. The molecule has 0 spiro atoms. The summed E-state index contributed by atoms with van der Waals surface area (Å²) in [5.41, 5.74) is 0. The van der Waals surface area contributed by atoms with Gasteiger partial charge in [-0.2, -0.15) is 0 Å². The number of nitrogens with one attached hydrogen (secondary N) is 1. The molecule has 2 saturated heterocycles. The Labute approximate surface area is 144 Å². The maximum atomic E-state index is 10.4. The summed E-state index contributed by atoms with van der Waals surface area (Å²) < 4.78 is 18.4. The highest BCUT2D eigenvalue weighted by molar-refractivity contribution is 5.72. The molecule has 0 aliphatic carbocycles. The van der Waals surface area contributed by atoms with Crippen LogP contribution < -0.4 is 5.32 Å². The molecule has 2 fully saturated rings. The Bertz CT molecular complexity index is 340. The van der Waals surface area contributed by atoms with E-state index in [1.54, 1.807) is 6.92 Å². The van der Waals surface area contributed by atoms with E-state index in [2.05, 4.69) is 24.3 Å². The molecule has 2 atom stereocenters. The van der Waals surface area contributed by atoms with Gasteiger partial charge in [0.25, 0.3) is 0 Å². The molecule has 146 valence electrons. The van der Waals surface area contributed by atoms with Crippen molar-refractivity contribution in [2.45, 2.75) is 62.1 Å². The van der Waals surface area contributed by atoms with Crippen molar-refractivity contribution >= 4 is 17.8 Å². The number of carbonyl (C=O) groups excluding carboxylic acids is 3. The Kier molecular flexibility index (Phi) is 22.2. The van der Waals surface area contributed by atoms with Gasteiger partial charge >= 0.3 is 11.9 Å². The molecule has 24 heavy (non-hydrogen) atoms. The van der Waals surface area contributed by atoms with Crippen molar-refractivity contribution in [3.63, 3.8) is 0 Å². The van der Waals surface area contributed by atoms with Crippen molar-refractivity contribution in [3.8, 4) is 0 Å². The minimum atomic E-state index is -0.275. The van der Waals surface area contributed by atoms with Gasteiger partial charge in [0.2, 0.25) is 18.5 Å². The molecular formula is C15H33NO8. The number of aliphatic hydroxyl groups is 1. The fraction of sp³-hybridized carbons (Fsp3) is 0.800. The monoisotopic (exact) mass is 355 g/mol. The Morgan fingerprint density at radius 1 is 1.04 bits per heavy atom. The van der Waals surface area contributed by atoms with Crippen molar-refractivity contribution in [3.05, 3.63) is 0 Å². The minimum Gasteiger partial charge on any atom is -0.433 e. The van der Waals surface area contributed by atoms with Crippen LogP contribution in [0.5, 0.6) is 0 Å². The number of epoxide rings is 2. The van der Waals surface area contributed by atoms with Gasteiger partial charge in [0, 0.05) is 20.3 Å². The number of ether oxygens (including phenoxy) is 4. The summed E-state index contributed by atoms with van der Waals surface area (Å²) in [6.07, 6.45) is -0.0141. The molecule has 0 aromatic carbocycles. The van der Waals surface area contributed by atoms with Crippen LogP contribution in [0.1, 0.15) is 49.5 Å². The van der Waals surface area contributed by atoms with Crippen LogP contribution in [-0.4, -0.2) is 55.5 Å². The molecule has 9 nitrogen and oxygen atoms in total. The van der Waals surface area contributed by atoms with E-state index in [0.29, 0.717) is 19.6 Å². The van der Waals surface area contributed by atoms with Gasteiger partial charge in [-0.05, 0) is 0 Å². The van der Waals surface area contributed by atoms with E-state index in [9.17, 15) is 14.4 Å². The van der Waals surface area contributed by atoms with E-state index < -0.39 is 0 Å². The van der Waals surface area contributed by atoms with Crippen molar-refractivity contribution < 1.29 is 38.4 Å². The first kappa shape index (κ1) is 30.2. The van der Waals surface area contributed by atoms with Gasteiger partial charge in [0.1, 0.15) is 19.9 Å². The van der Waals surface area contributed by atoms with Gasteiger partial charge in [0.15, 0.2) is 0 Å². The number of hydrogen-bond donors (Lipinski definition) is 2. The van der Waals surface area contributed by atoms with Crippen LogP contribution in [0, 0.1) is 0 Å². The highest BCUT2D eigenvalue weighted by Gasteiger charge is 2.26. The second kappa shape index (κ2) is 17.6. The first-order chi connectivity index (χ1) is 9.88. The molecule has 0 aromatic heterocycles. The van der Waals surface area contributed by atoms with Gasteiger partial charge in [-0.25, -0.2) is 0 Å². The Hall–Kier alpha value is -1.71. The topological polar surface area (TPSA) is 127 Å². The molecule has 0 saturated carbocycles. The predicted molar refractivity (Wildman–Crippen MR) is 88.7 cm³/mol. The normalized spacial score (nSPS) is 18.0. The van der Waals surface area contributed by atoms with E-state index in [1.807, 2.05) is 0 Å². The van der Waals surface area contributed by atoms with Gasteiger partial charge in [-0.15, -0.1) is 0 Å². The third kappa shape index (κ3) is 25.3. The van der Waals surface area contributed by atoms with Crippen LogP contribution in [-0.2, 0) is 33.3 Å². The molecule has 2 N–H and O–H groups in total. The molecule has 2 rings (SSSR count). The minimum absolute atomic E-state index is 0. The summed E-state index contributed by atoms with van der Waals surface area (Å²) in [6.45, 7) is 5.34. The average molecular weight is 355 g/mol. The van der Waals surface area contributed by atoms with Crippen LogP contribution in [0.2, 0.25) is 0 Å². The lowest BCUT2D eigenvalue weighted by Crippen LogP contribution is -2.19. The smallest absolute Gasteiger partial charge is 0.307 e. The zero-order chi connectivity index (χ0) is 16.3. The van der Waals surface area contributed by atoms with E-state index in [0.717, 1.165) is 0 Å². The van der Waals surface area contributed by atoms with E-state index in [-0.39, 0.29) is 59.4 Å². The zero-order valence-electron chi connectivity index (χ0n) is 12.3. The Morgan fingerprint density at radius 2 is 1.46 bits per heavy atom. The lowest BCUT2D eigenvalue weighted by molar-refractivity contribution is -0.148. The first-order valence-corrected chi connectivity index (χ1v) is 6.34. The molecule has 0 aromatic rings. The maximum absolute atomic E-state index is 10.4. The fourth-order valence-corrected chi connectivity index (χ4v) is 0.741. The van der Waals surface area contributed by atoms with Gasteiger partial charge in [-0.1, -0.05) is 29.2 Å². The van der Waals surface area contributed by atoms with Crippen molar-refractivity contribution in [1.29, 1.82) is 0 Å². The van der Waals surface area contributed by atoms with E-state index in [1.165, 1.54) is 13.8 Å². The molecular weight excluding hydrogens is 322 g/mol. The predicted octanol–water partition coefficient (Wildman–Crippen LogP) is 1.18. The maximum Gasteiger partial charge on any atom is 0.307 e. The van der Waals surface area contributed by atoms with Gasteiger partial charge in [0.05, 0.1) is 0 Å². The van der Waals surface area contributed by atoms with Crippen molar-refractivity contribution in [1.82, 2.24) is 5.32 Å². The molecule has 1 amide bonds. The molecule has 2 unspecified atom stereocenters. The number of esters is 2. The number of rotatable bonds is 4. The third-order valence-corrected chi connectivity index (χ3v) is 1.78. The molecule has 2 aliphatic heterocycles. The van der Waals surface area contributed by atoms with Crippen LogP contribution >= 0.6 is 0 Å². The second-order valence-electron chi connectivity index (χ2n) is 3.87. The number of carbonyl (C=O) groups is 3. The number of aliphatic hydroxyl groups excluding tert-OH is 1. The Morgan fingerprint density at radius 3 is 1.62 bits per heavy atom. The summed E-state index contributed by atoms with van der Waals surface area (Å²) in [5, 5.41) is 10.0. The lowest BCUT2D eigenvalue weighted by atomic mass is 10.5. The summed E-state index contributed by atoms with van der Waals surface area (Å²) in [5.74, 6) is -0.674. The van der Waals surface area contributed by atoms with Crippen LogP contribution in [0.15, 0.2) is 0 Å². The summed E-state index contributed by atoms with van der Waals surface area (Å²) in [4.78, 5) is 30.1. The third-order valence-electron chi connectivity index (χ3n) is 1.78. The Balaban J connectivity index is -0.000000119. The lowest BCUT2D eigenvalue weighted by Gasteiger charge is -1.93. The van der Waals surface area contributed by atoms with E-state index >= 15 is 0 Å². The fourth-order valence-electron chi connectivity index (χ4n) is 0.741. The van der Waals surface area contributed by atoms with Crippen molar-refractivity contribution in [2.75, 3.05) is 19.9 Å². The largest absolute Gasteiger partial charge is 0.433 e. The number of amides is 1. The van der Waals surface area contributed by atoms with Gasteiger partial charge in [-0.3, -0.25) is 14.4 Å².